The van der Waals surface area contributed by atoms with Gasteiger partial charge in [-0.05, 0) is 19.1 Å². The van der Waals surface area contributed by atoms with E-state index in [0.717, 1.165) is 19.1 Å². The lowest BCUT2D eigenvalue weighted by molar-refractivity contribution is -0.155. The van der Waals surface area contributed by atoms with E-state index in [1.54, 1.807) is 4.72 Å². The number of nitrogens with one attached hydrogen (secondary N) is 1. The smallest absolute Gasteiger partial charge is 0.417 e. The highest BCUT2D eigenvalue weighted by atomic mass is 35.5. The molecule has 0 spiro atoms. The fourth-order valence-electron chi connectivity index (χ4n) is 1.39. The van der Waals surface area contributed by atoms with Crippen molar-refractivity contribution in [3.63, 3.8) is 0 Å². The van der Waals surface area contributed by atoms with Crippen LogP contribution in [-0.2, 0) is 21.0 Å². The lowest BCUT2D eigenvalue weighted by Crippen LogP contribution is -2.46. The van der Waals surface area contributed by atoms with Gasteiger partial charge in [0.2, 0.25) is 10.0 Å². The Balaban J connectivity index is 3.28. The van der Waals surface area contributed by atoms with Crippen LogP contribution >= 0.6 is 11.6 Å². The maximum atomic E-state index is 12.9. The molecule has 1 rings (SSSR count). The average molecular weight is 362 g/mol. The molecule has 1 unspecified atom stereocenters. The van der Waals surface area contributed by atoms with Gasteiger partial charge in [0.05, 0.1) is 17.1 Å². The van der Waals surface area contributed by atoms with Crippen molar-refractivity contribution in [1.82, 2.24) is 4.72 Å². The van der Waals surface area contributed by atoms with Crippen LogP contribution < -0.4 is 4.72 Å². The van der Waals surface area contributed by atoms with Gasteiger partial charge < -0.3 is 10.2 Å². The molecule has 124 valence electrons. The second kappa shape index (κ2) is 6.03. The molecule has 0 bridgehead atoms. The van der Waals surface area contributed by atoms with Gasteiger partial charge in [-0.2, -0.15) is 13.2 Å². The Morgan fingerprint density at radius 2 is 1.91 bits per heavy atom. The van der Waals surface area contributed by atoms with E-state index in [-0.39, 0.29) is 0 Å². The number of carboxylic acid groups (broad SMARTS) is 1. The van der Waals surface area contributed by atoms with Crippen molar-refractivity contribution >= 4 is 27.6 Å². The summed E-state index contributed by atoms with van der Waals surface area (Å²) in [6.07, 6.45) is -4.98. The van der Waals surface area contributed by atoms with Gasteiger partial charge in [-0.3, -0.25) is 0 Å². The number of halogens is 4. The average Bonchev–Trinajstić information content (AvgIpc) is 2.35. The van der Waals surface area contributed by atoms with E-state index < -0.39 is 49.8 Å². The number of aliphatic carboxylic acids is 1. The number of hydrogen-bond donors (Lipinski definition) is 3. The van der Waals surface area contributed by atoms with Gasteiger partial charge in [0.15, 0.2) is 5.60 Å². The minimum Gasteiger partial charge on any atom is -0.479 e. The minimum absolute atomic E-state index is 0.524. The lowest BCUT2D eigenvalue weighted by Gasteiger charge is -2.20. The monoisotopic (exact) mass is 361 g/mol. The number of alkyl halides is 3. The predicted octanol–water partition coefficient (Wildman–Crippen LogP) is 1.47. The molecular formula is C11H11ClF3NO5S. The summed E-state index contributed by atoms with van der Waals surface area (Å²) in [5, 5.41) is 17.4. The Morgan fingerprint density at radius 3 is 2.36 bits per heavy atom. The number of benzene rings is 1. The molecule has 6 nitrogen and oxygen atoms in total. The van der Waals surface area contributed by atoms with Crippen molar-refractivity contribution in [1.29, 1.82) is 0 Å². The molecule has 0 aromatic heterocycles. The molecule has 0 saturated heterocycles. The summed E-state index contributed by atoms with van der Waals surface area (Å²) in [6.45, 7) is -0.248. The van der Waals surface area contributed by atoms with Crippen molar-refractivity contribution in [3.05, 3.63) is 28.8 Å². The van der Waals surface area contributed by atoms with E-state index in [1.165, 1.54) is 0 Å². The molecule has 0 aliphatic carbocycles. The zero-order valence-corrected chi connectivity index (χ0v) is 12.6. The Kier molecular flexibility index (Phi) is 5.12. The second-order valence-corrected chi connectivity index (χ2v) is 6.63. The van der Waals surface area contributed by atoms with E-state index >= 15 is 0 Å². The molecule has 3 N–H and O–H groups in total. The highest BCUT2D eigenvalue weighted by Gasteiger charge is 2.39. The molecule has 0 fully saturated rings. The topological polar surface area (TPSA) is 104 Å². The number of rotatable bonds is 5. The third kappa shape index (κ3) is 4.09. The molecule has 1 aromatic carbocycles. The molecule has 1 atom stereocenters. The normalized spacial score (nSPS) is 15.4. The van der Waals surface area contributed by atoms with Crippen molar-refractivity contribution in [2.75, 3.05) is 6.54 Å². The third-order valence-corrected chi connectivity index (χ3v) is 4.54. The van der Waals surface area contributed by atoms with E-state index in [0.29, 0.717) is 6.07 Å². The maximum absolute atomic E-state index is 12.9. The Hall–Kier alpha value is -1.36. The number of aliphatic hydroxyl groups is 1. The van der Waals surface area contributed by atoms with Gasteiger partial charge in [0, 0.05) is 0 Å². The van der Waals surface area contributed by atoms with Crippen LogP contribution in [-0.4, -0.2) is 36.7 Å². The van der Waals surface area contributed by atoms with E-state index in [1.807, 2.05) is 0 Å². The van der Waals surface area contributed by atoms with Crippen LogP contribution in [0.2, 0.25) is 5.02 Å². The first kappa shape index (κ1) is 18.7. The van der Waals surface area contributed by atoms with E-state index in [2.05, 4.69) is 0 Å². The summed E-state index contributed by atoms with van der Waals surface area (Å²) in [4.78, 5) is 9.45. The Labute approximate surface area is 128 Å². The van der Waals surface area contributed by atoms with Gasteiger partial charge in [-0.1, -0.05) is 17.7 Å². The molecule has 0 aliphatic rings. The Morgan fingerprint density at radius 1 is 1.36 bits per heavy atom. The first-order valence-corrected chi connectivity index (χ1v) is 7.46. The first-order chi connectivity index (χ1) is 9.79. The van der Waals surface area contributed by atoms with Crippen LogP contribution in [0.5, 0.6) is 0 Å². The minimum atomic E-state index is -4.98. The third-order valence-electron chi connectivity index (χ3n) is 2.61. The summed E-state index contributed by atoms with van der Waals surface area (Å²) in [5.41, 5.74) is -3.99. The summed E-state index contributed by atoms with van der Waals surface area (Å²) < 4.78 is 64.2. The van der Waals surface area contributed by atoms with Gasteiger partial charge >= 0.3 is 12.1 Å². The second-order valence-electron chi connectivity index (χ2n) is 4.52. The van der Waals surface area contributed by atoms with Crippen molar-refractivity contribution < 1.29 is 36.6 Å². The molecule has 22 heavy (non-hydrogen) atoms. The lowest BCUT2D eigenvalue weighted by atomic mass is 10.1. The van der Waals surface area contributed by atoms with Crippen LogP contribution in [0.25, 0.3) is 0 Å². The maximum Gasteiger partial charge on any atom is 0.417 e. The van der Waals surface area contributed by atoms with Crippen molar-refractivity contribution in [2.45, 2.75) is 23.6 Å². The summed E-state index contributed by atoms with van der Waals surface area (Å²) in [6, 6.07) is 2.40. The number of carbonyl (C=O) groups is 1. The summed E-state index contributed by atoms with van der Waals surface area (Å²) in [5.74, 6) is -1.74. The largest absolute Gasteiger partial charge is 0.479 e. The zero-order chi connectivity index (χ0) is 17.3. The fraction of sp³-hybridized carbons (Fsp3) is 0.364. The predicted molar refractivity (Wildman–Crippen MR) is 69.9 cm³/mol. The quantitative estimate of drug-likeness (QED) is 0.737. The molecule has 1 aromatic rings. The van der Waals surface area contributed by atoms with Crippen LogP contribution in [0.3, 0.4) is 0 Å². The highest BCUT2D eigenvalue weighted by molar-refractivity contribution is 7.89. The molecule has 0 heterocycles. The molecule has 0 radical (unpaired) electrons. The van der Waals surface area contributed by atoms with Gasteiger partial charge in [-0.25, -0.2) is 17.9 Å². The first-order valence-electron chi connectivity index (χ1n) is 5.60. The van der Waals surface area contributed by atoms with Crippen LogP contribution in [0.15, 0.2) is 23.1 Å². The molecule has 11 heteroatoms. The molecule has 0 aliphatic heterocycles. The SMILES string of the molecule is CC(O)(CNS(=O)(=O)c1c(Cl)cccc1C(F)(F)F)C(=O)O. The van der Waals surface area contributed by atoms with Gasteiger partial charge in [-0.15, -0.1) is 0 Å². The van der Waals surface area contributed by atoms with E-state index in [4.69, 9.17) is 16.7 Å². The number of hydrogen-bond acceptors (Lipinski definition) is 4. The van der Waals surface area contributed by atoms with Crippen molar-refractivity contribution in [2.24, 2.45) is 0 Å². The standard InChI is InChI=1S/C11H11ClF3NO5S/c1-10(19,9(17)18)5-16-22(20,21)8-6(11(13,14)15)3-2-4-7(8)12/h2-4,16,19H,5H2,1H3,(H,17,18). The molecule has 0 amide bonds. The van der Waals surface area contributed by atoms with Crippen LogP contribution in [0.4, 0.5) is 13.2 Å². The number of carboxylic acids is 1. The van der Waals surface area contributed by atoms with E-state index in [9.17, 15) is 31.5 Å². The summed E-state index contributed by atoms with van der Waals surface area (Å²) >= 11 is 5.53. The summed E-state index contributed by atoms with van der Waals surface area (Å²) in [7, 11) is -4.80. The zero-order valence-electron chi connectivity index (χ0n) is 11.0. The van der Waals surface area contributed by atoms with Crippen LogP contribution in [0, 0.1) is 0 Å². The Bertz CT molecular complexity index is 687. The molecular weight excluding hydrogens is 351 g/mol. The van der Waals surface area contributed by atoms with Gasteiger partial charge in [0.25, 0.3) is 0 Å². The fourth-order valence-corrected chi connectivity index (χ4v) is 3.28. The van der Waals surface area contributed by atoms with Crippen LogP contribution in [0.1, 0.15) is 12.5 Å². The number of sulfonamides is 1. The van der Waals surface area contributed by atoms with Crippen molar-refractivity contribution in [3.8, 4) is 0 Å². The molecule has 0 saturated carbocycles. The van der Waals surface area contributed by atoms with Gasteiger partial charge in [0.1, 0.15) is 4.90 Å². The highest BCUT2D eigenvalue weighted by Crippen LogP contribution is 2.37.